The van der Waals surface area contributed by atoms with E-state index in [1.165, 1.54) is 18.4 Å². The zero-order valence-electron chi connectivity index (χ0n) is 11.5. The summed E-state index contributed by atoms with van der Waals surface area (Å²) in [6.45, 7) is 0.913. The molecule has 1 aromatic rings. The van der Waals surface area contributed by atoms with Crippen LogP contribution in [0.25, 0.3) is 0 Å². The quantitative estimate of drug-likeness (QED) is 0.753. The minimum Gasteiger partial charge on any atom is -0.269 e. The van der Waals surface area contributed by atoms with E-state index in [2.05, 4.69) is 57.8 Å². The second-order valence-electron chi connectivity index (χ2n) is 6.74. The van der Waals surface area contributed by atoms with Crippen molar-refractivity contribution in [1.82, 2.24) is 5.01 Å². The predicted molar refractivity (Wildman–Crippen MR) is 76.8 cm³/mol. The lowest BCUT2D eigenvalue weighted by Gasteiger charge is -2.35. The van der Waals surface area contributed by atoms with Gasteiger partial charge in [0, 0.05) is 0 Å². The molecule has 1 aromatic carbocycles. The Morgan fingerprint density at radius 1 is 1.10 bits per heavy atom. The van der Waals surface area contributed by atoms with Crippen molar-refractivity contribution >= 4 is 0 Å². The Morgan fingerprint density at radius 2 is 2.00 bits per heavy atom. The first-order chi connectivity index (χ1) is 9.92. The van der Waals surface area contributed by atoms with Crippen LogP contribution < -0.4 is 0 Å². The molecule has 0 N–H and O–H groups in total. The number of fused-ring (bicyclic) bond motifs is 8. The Bertz CT molecular complexity index is 579. The summed E-state index contributed by atoms with van der Waals surface area (Å²) in [4.78, 5) is 0. The van der Waals surface area contributed by atoms with E-state index < -0.39 is 0 Å². The van der Waals surface area contributed by atoms with Crippen LogP contribution in [0.1, 0.15) is 18.4 Å². The molecule has 2 saturated carbocycles. The van der Waals surface area contributed by atoms with Gasteiger partial charge in [-0.1, -0.05) is 47.7 Å². The van der Waals surface area contributed by atoms with Crippen LogP contribution in [0, 0.1) is 23.7 Å². The van der Waals surface area contributed by atoms with Crippen molar-refractivity contribution in [3.63, 3.8) is 0 Å². The van der Waals surface area contributed by atoms with Gasteiger partial charge in [-0.3, -0.25) is 5.01 Å². The highest BCUT2D eigenvalue weighted by atomic mass is 15.6. The summed E-state index contributed by atoms with van der Waals surface area (Å²) in [7, 11) is 0. The van der Waals surface area contributed by atoms with Crippen LogP contribution in [-0.4, -0.2) is 17.1 Å². The molecule has 3 aliphatic carbocycles. The monoisotopic (exact) mass is 265 g/mol. The molecule has 2 fully saturated rings. The van der Waals surface area contributed by atoms with Gasteiger partial charge in [0.2, 0.25) is 0 Å². The number of hydrogen-bond donors (Lipinski definition) is 0. The van der Waals surface area contributed by atoms with Crippen LogP contribution in [-0.2, 0) is 6.54 Å². The molecule has 20 heavy (non-hydrogen) atoms. The highest BCUT2D eigenvalue weighted by molar-refractivity contribution is 5.22. The summed E-state index contributed by atoms with van der Waals surface area (Å²) in [5, 5.41) is 11.4. The van der Waals surface area contributed by atoms with E-state index in [1.807, 2.05) is 0 Å². The van der Waals surface area contributed by atoms with Gasteiger partial charge in [-0.15, -0.1) is 0 Å². The van der Waals surface area contributed by atoms with Crippen LogP contribution in [0.5, 0.6) is 0 Å². The molecule has 0 unspecified atom stereocenters. The van der Waals surface area contributed by atoms with E-state index in [1.54, 1.807) is 0 Å². The van der Waals surface area contributed by atoms with E-state index in [0.717, 1.165) is 30.2 Å². The highest BCUT2D eigenvalue weighted by Crippen LogP contribution is 2.60. The lowest BCUT2D eigenvalue weighted by atomic mass is 9.76. The zero-order chi connectivity index (χ0) is 13.1. The summed E-state index contributed by atoms with van der Waals surface area (Å²) >= 11 is 0. The maximum absolute atomic E-state index is 4.64. The Labute approximate surface area is 119 Å². The van der Waals surface area contributed by atoms with Gasteiger partial charge in [-0.25, -0.2) is 0 Å². The average molecular weight is 265 g/mol. The van der Waals surface area contributed by atoms with Crippen molar-refractivity contribution in [2.75, 3.05) is 0 Å². The minimum absolute atomic E-state index is 0.477. The van der Waals surface area contributed by atoms with Crippen LogP contribution in [0.15, 0.2) is 52.8 Å². The maximum atomic E-state index is 4.64. The second-order valence-corrected chi connectivity index (χ2v) is 6.74. The molecule has 1 aliphatic heterocycles. The van der Waals surface area contributed by atoms with Crippen molar-refractivity contribution in [3.05, 3.63) is 48.0 Å². The lowest BCUT2D eigenvalue weighted by Crippen LogP contribution is -2.44. The molecular formula is C17H19N3. The van der Waals surface area contributed by atoms with Gasteiger partial charge in [0.15, 0.2) is 0 Å². The molecule has 5 rings (SSSR count). The smallest absolute Gasteiger partial charge is 0.0983 e. The summed E-state index contributed by atoms with van der Waals surface area (Å²) in [6, 6.07) is 11.7. The van der Waals surface area contributed by atoms with Gasteiger partial charge in [-0.2, -0.15) is 5.11 Å². The normalized spacial score (nSPS) is 43.3. The Balaban J connectivity index is 1.42. The zero-order valence-corrected chi connectivity index (χ0v) is 11.5. The first-order valence-corrected chi connectivity index (χ1v) is 7.80. The summed E-state index contributed by atoms with van der Waals surface area (Å²) in [5.74, 6) is 3.25. The molecule has 0 aromatic heterocycles. The fourth-order valence-corrected chi connectivity index (χ4v) is 5.17. The van der Waals surface area contributed by atoms with E-state index in [-0.39, 0.29) is 0 Å². The lowest BCUT2D eigenvalue weighted by molar-refractivity contribution is 0.119. The molecule has 4 aliphatic rings. The number of nitrogens with zero attached hydrogens (tertiary/aromatic N) is 3. The Kier molecular flexibility index (Phi) is 2.18. The second kappa shape index (κ2) is 3.94. The predicted octanol–water partition coefficient (Wildman–Crippen LogP) is 3.45. The summed E-state index contributed by atoms with van der Waals surface area (Å²) in [6.07, 6.45) is 7.53. The molecule has 3 nitrogen and oxygen atoms in total. The summed E-state index contributed by atoms with van der Waals surface area (Å²) < 4.78 is 0. The van der Waals surface area contributed by atoms with Crippen molar-refractivity contribution in [3.8, 4) is 0 Å². The molecule has 6 atom stereocenters. The van der Waals surface area contributed by atoms with Crippen molar-refractivity contribution in [2.45, 2.75) is 31.5 Å². The molecule has 2 bridgehead atoms. The third kappa shape index (κ3) is 1.36. The molecule has 102 valence electrons. The van der Waals surface area contributed by atoms with Gasteiger partial charge >= 0.3 is 0 Å². The van der Waals surface area contributed by atoms with E-state index in [0.29, 0.717) is 12.1 Å². The first-order valence-electron chi connectivity index (χ1n) is 7.80. The first kappa shape index (κ1) is 11.1. The third-order valence-corrected chi connectivity index (χ3v) is 5.91. The maximum Gasteiger partial charge on any atom is 0.0983 e. The number of hydrogen-bond acceptors (Lipinski definition) is 3. The molecule has 0 radical (unpaired) electrons. The van der Waals surface area contributed by atoms with Crippen LogP contribution in [0.2, 0.25) is 0 Å². The Morgan fingerprint density at radius 3 is 2.90 bits per heavy atom. The third-order valence-electron chi connectivity index (χ3n) is 5.91. The molecule has 3 heteroatoms. The number of allylic oxidation sites excluding steroid dienone is 2. The van der Waals surface area contributed by atoms with Crippen molar-refractivity contribution in [2.24, 2.45) is 34.0 Å². The molecule has 0 spiro atoms. The van der Waals surface area contributed by atoms with Crippen LogP contribution in [0.3, 0.4) is 0 Å². The highest BCUT2D eigenvalue weighted by Gasteiger charge is 2.61. The Hall–Kier alpha value is -1.64. The number of rotatable bonds is 2. The van der Waals surface area contributed by atoms with Crippen molar-refractivity contribution in [1.29, 1.82) is 0 Å². The summed E-state index contributed by atoms with van der Waals surface area (Å²) in [5.41, 5.74) is 1.34. The largest absolute Gasteiger partial charge is 0.269 e. The van der Waals surface area contributed by atoms with Crippen LogP contribution >= 0.6 is 0 Å². The van der Waals surface area contributed by atoms with Crippen LogP contribution in [0.4, 0.5) is 0 Å². The molecule has 1 heterocycles. The average Bonchev–Trinajstić information content (AvgIpc) is 3.18. The number of benzene rings is 1. The van der Waals surface area contributed by atoms with Gasteiger partial charge in [-0.05, 0) is 42.1 Å². The fourth-order valence-electron chi connectivity index (χ4n) is 5.17. The van der Waals surface area contributed by atoms with E-state index >= 15 is 0 Å². The topological polar surface area (TPSA) is 28.0 Å². The minimum atomic E-state index is 0.477. The van der Waals surface area contributed by atoms with Gasteiger partial charge in [0.1, 0.15) is 0 Å². The van der Waals surface area contributed by atoms with Gasteiger partial charge < -0.3 is 0 Å². The van der Waals surface area contributed by atoms with E-state index in [4.69, 9.17) is 0 Å². The van der Waals surface area contributed by atoms with Gasteiger partial charge in [0.05, 0.1) is 18.6 Å². The van der Waals surface area contributed by atoms with Gasteiger partial charge in [0.25, 0.3) is 0 Å². The van der Waals surface area contributed by atoms with E-state index in [9.17, 15) is 0 Å². The molecule has 0 amide bonds. The van der Waals surface area contributed by atoms with Crippen molar-refractivity contribution < 1.29 is 0 Å². The SMILES string of the molecule is C1=C[C@@H]2[C@H]3C[C@H]([C@H]2C1)[C@@H]1N=NN(Cc2ccccc2)[C@@H]31. The molecule has 0 saturated heterocycles. The standard InChI is InChI=1S/C17H19N3/c1-2-5-11(6-3-1)10-20-17-15-9-14(16(17)18-19-20)12-7-4-8-13(12)15/h1-6,8,12-17H,7,9-10H2/t12-,13-,14+,15+,16-,17-/m0/s1. The molecular weight excluding hydrogens is 246 g/mol. The fraction of sp³-hybridized carbons (Fsp3) is 0.529.